The van der Waals surface area contributed by atoms with Crippen LogP contribution in [0.5, 0.6) is 5.75 Å². The zero-order valence-corrected chi connectivity index (χ0v) is 11.2. The van der Waals surface area contributed by atoms with Crippen molar-refractivity contribution in [3.8, 4) is 35.5 Å². The number of phenolic OH excluding ortho intramolecular Hbond substituents is 1. The Hall–Kier alpha value is -3.41. The lowest BCUT2D eigenvalue weighted by Crippen LogP contribution is -1.80. The Labute approximate surface area is 124 Å². The standard InChI is InChI=1S/C19H11NO/c20-15-18-12-6-5-11-17(18)10-4-2-1-3-8-16-9-7-13-19(21)14-16/h1-2,5-7,9,11-14,21H. The van der Waals surface area contributed by atoms with Gasteiger partial charge in [0.15, 0.2) is 0 Å². The van der Waals surface area contributed by atoms with Gasteiger partial charge in [-0.2, -0.15) is 5.26 Å². The van der Waals surface area contributed by atoms with Gasteiger partial charge in [0.05, 0.1) is 5.56 Å². The summed E-state index contributed by atoms with van der Waals surface area (Å²) in [6, 6.07) is 16.0. The topological polar surface area (TPSA) is 44.0 Å². The van der Waals surface area contributed by atoms with Crippen molar-refractivity contribution in [1.82, 2.24) is 0 Å². The maximum atomic E-state index is 9.29. The van der Waals surface area contributed by atoms with Crippen molar-refractivity contribution in [3.63, 3.8) is 0 Å². The minimum Gasteiger partial charge on any atom is -0.508 e. The minimum atomic E-state index is 0.193. The van der Waals surface area contributed by atoms with Gasteiger partial charge in [0.2, 0.25) is 0 Å². The molecule has 2 nitrogen and oxygen atoms in total. The maximum Gasteiger partial charge on any atom is 0.116 e. The molecule has 2 rings (SSSR count). The van der Waals surface area contributed by atoms with Gasteiger partial charge in [-0.15, -0.1) is 0 Å². The Morgan fingerprint density at radius 1 is 0.857 bits per heavy atom. The number of rotatable bonds is 0. The van der Waals surface area contributed by atoms with Crippen LogP contribution < -0.4 is 0 Å². The first-order valence-corrected chi connectivity index (χ1v) is 6.26. The molecule has 0 aliphatic rings. The van der Waals surface area contributed by atoms with E-state index in [2.05, 4.69) is 29.8 Å². The Balaban J connectivity index is 2.05. The second kappa shape index (κ2) is 7.25. The number of allylic oxidation sites excluding steroid dienone is 2. The van der Waals surface area contributed by atoms with Gasteiger partial charge in [-0.05, 0) is 42.5 Å². The molecule has 0 aliphatic carbocycles. The van der Waals surface area contributed by atoms with Crippen molar-refractivity contribution in [2.24, 2.45) is 0 Å². The van der Waals surface area contributed by atoms with Crippen LogP contribution in [0, 0.1) is 35.0 Å². The van der Waals surface area contributed by atoms with Crippen LogP contribution in [0.4, 0.5) is 0 Å². The second-order valence-electron chi connectivity index (χ2n) is 4.08. The summed E-state index contributed by atoms with van der Waals surface area (Å²) >= 11 is 0. The van der Waals surface area contributed by atoms with E-state index in [-0.39, 0.29) is 5.75 Å². The van der Waals surface area contributed by atoms with Gasteiger partial charge in [-0.25, -0.2) is 0 Å². The lowest BCUT2D eigenvalue weighted by molar-refractivity contribution is 0.475. The number of nitrogens with zero attached hydrogens (tertiary/aromatic N) is 1. The highest BCUT2D eigenvalue weighted by molar-refractivity contribution is 5.49. The summed E-state index contributed by atoms with van der Waals surface area (Å²) in [4.78, 5) is 0. The van der Waals surface area contributed by atoms with Crippen LogP contribution in [0.25, 0.3) is 0 Å². The molecule has 0 saturated carbocycles. The SMILES string of the molecule is N#Cc1ccccc1C#CC=CC#Cc1cccc(O)c1. The molecular weight excluding hydrogens is 258 g/mol. The van der Waals surface area contributed by atoms with Crippen LogP contribution >= 0.6 is 0 Å². The van der Waals surface area contributed by atoms with E-state index in [1.165, 1.54) is 0 Å². The molecule has 0 amide bonds. The Kier molecular flexibility index (Phi) is 4.83. The normalized spacial score (nSPS) is 9.10. The zero-order chi connectivity index (χ0) is 14.9. The van der Waals surface area contributed by atoms with E-state index in [4.69, 9.17) is 5.26 Å². The van der Waals surface area contributed by atoms with Crippen LogP contribution in [0.3, 0.4) is 0 Å². The van der Waals surface area contributed by atoms with Crippen LogP contribution in [0.1, 0.15) is 16.7 Å². The summed E-state index contributed by atoms with van der Waals surface area (Å²) in [6.45, 7) is 0. The smallest absolute Gasteiger partial charge is 0.116 e. The van der Waals surface area contributed by atoms with E-state index >= 15 is 0 Å². The number of hydrogen-bond donors (Lipinski definition) is 1. The number of benzene rings is 2. The van der Waals surface area contributed by atoms with Crippen molar-refractivity contribution in [2.75, 3.05) is 0 Å². The van der Waals surface area contributed by atoms with Gasteiger partial charge in [-0.1, -0.05) is 41.9 Å². The molecule has 0 saturated heterocycles. The number of hydrogen-bond acceptors (Lipinski definition) is 2. The molecule has 0 bridgehead atoms. The maximum absolute atomic E-state index is 9.29. The van der Waals surface area contributed by atoms with Crippen LogP contribution in [0.2, 0.25) is 0 Å². The fourth-order valence-electron chi connectivity index (χ4n) is 1.60. The largest absolute Gasteiger partial charge is 0.508 e. The van der Waals surface area contributed by atoms with E-state index in [1.807, 2.05) is 12.1 Å². The predicted octanol–water partition coefficient (Wildman–Crippen LogP) is 3.22. The Morgan fingerprint density at radius 2 is 1.57 bits per heavy atom. The second-order valence-corrected chi connectivity index (χ2v) is 4.08. The molecule has 21 heavy (non-hydrogen) atoms. The summed E-state index contributed by atoms with van der Waals surface area (Å²) in [6.07, 6.45) is 3.26. The fraction of sp³-hybridized carbons (Fsp3) is 0. The summed E-state index contributed by atoms with van der Waals surface area (Å²) in [5.41, 5.74) is 2.00. The molecule has 2 heteroatoms. The summed E-state index contributed by atoms with van der Waals surface area (Å²) in [5, 5.41) is 18.2. The van der Waals surface area contributed by atoms with E-state index in [0.717, 1.165) is 5.56 Å². The average Bonchev–Trinajstić information content (AvgIpc) is 2.51. The predicted molar refractivity (Wildman–Crippen MR) is 82.2 cm³/mol. The van der Waals surface area contributed by atoms with Gasteiger partial charge >= 0.3 is 0 Å². The number of nitriles is 1. The van der Waals surface area contributed by atoms with Crippen LogP contribution in [0.15, 0.2) is 60.7 Å². The first kappa shape index (κ1) is 14.0. The highest BCUT2D eigenvalue weighted by Crippen LogP contribution is 2.09. The van der Waals surface area contributed by atoms with Crippen LogP contribution in [-0.2, 0) is 0 Å². The molecule has 0 spiro atoms. The van der Waals surface area contributed by atoms with Gasteiger partial charge in [0.1, 0.15) is 11.8 Å². The van der Waals surface area contributed by atoms with E-state index < -0.39 is 0 Å². The van der Waals surface area contributed by atoms with Crippen molar-refractivity contribution < 1.29 is 5.11 Å². The molecule has 0 aliphatic heterocycles. The van der Waals surface area contributed by atoms with Gasteiger partial charge < -0.3 is 5.11 Å². The van der Waals surface area contributed by atoms with Crippen molar-refractivity contribution in [1.29, 1.82) is 5.26 Å². The first-order chi connectivity index (χ1) is 10.3. The van der Waals surface area contributed by atoms with E-state index in [9.17, 15) is 5.11 Å². The minimum absolute atomic E-state index is 0.193. The first-order valence-electron chi connectivity index (χ1n) is 6.26. The third kappa shape index (κ3) is 4.32. The molecule has 98 valence electrons. The Bertz CT molecular complexity index is 833. The molecule has 2 aromatic carbocycles. The highest BCUT2D eigenvalue weighted by Gasteiger charge is 1.94. The molecule has 1 N–H and O–H groups in total. The Morgan fingerprint density at radius 3 is 2.29 bits per heavy atom. The van der Waals surface area contributed by atoms with Crippen molar-refractivity contribution in [2.45, 2.75) is 0 Å². The molecular formula is C19H11NO. The third-order valence-corrected chi connectivity index (χ3v) is 2.57. The van der Waals surface area contributed by atoms with Gasteiger partial charge in [0.25, 0.3) is 0 Å². The number of phenols is 1. The van der Waals surface area contributed by atoms with Crippen molar-refractivity contribution in [3.05, 3.63) is 77.4 Å². The fourth-order valence-corrected chi connectivity index (χ4v) is 1.60. The lowest BCUT2D eigenvalue weighted by Gasteiger charge is -1.91. The molecule has 0 fully saturated rings. The van der Waals surface area contributed by atoms with E-state index in [1.54, 1.807) is 48.6 Å². The highest BCUT2D eigenvalue weighted by atomic mass is 16.3. The summed E-state index contributed by atoms with van der Waals surface area (Å²) in [7, 11) is 0. The number of aromatic hydroxyl groups is 1. The summed E-state index contributed by atoms with van der Waals surface area (Å²) in [5.74, 6) is 11.7. The molecule has 2 aromatic rings. The lowest BCUT2D eigenvalue weighted by atomic mass is 10.1. The molecule has 0 radical (unpaired) electrons. The zero-order valence-electron chi connectivity index (χ0n) is 11.2. The van der Waals surface area contributed by atoms with Gasteiger partial charge in [-0.3, -0.25) is 0 Å². The third-order valence-electron chi connectivity index (χ3n) is 2.57. The van der Waals surface area contributed by atoms with Crippen molar-refractivity contribution >= 4 is 0 Å². The quantitative estimate of drug-likeness (QED) is 0.746. The monoisotopic (exact) mass is 269 g/mol. The average molecular weight is 269 g/mol. The molecule has 0 unspecified atom stereocenters. The molecule has 0 aromatic heterocycles. The molecule has 0 atom stereocenters. The van der Waals surface area contributed by atoms with Gasteiger partial charge in [0, 0.05) is 11.1 Å². The van der Waals surface area contributed by atoms with E-state index in [0.29, 0.717) is 11.1 Å². The summed E-state index contributed by atoms with van der Waals surface area (Å²) < 4.78 is 0. The van der Waals surface area contributed by atoms with Crippen LogP contribution in [-0.4, -0.2) is 5.11 Å². The molecule has 0 heterocycles.